The zero-order chi connectivity index (χ0) is 21.5. The zero-order valence-corrected chi connectivity index (χ0v) is 18.0. The fraction of sp³-hybridized carbons (Fsp3) is 0.0455. The second kappa shape index (κ2) is 10.1. The highest BCUT2D eigenvalue weighted by atomic mass is 79.9. The highest BCUT2D eigenvalue weighted by Crippen LogP contribution is 2.23. The van der Waals surface area contributed by atoms with Crippen molar-refractivity contribution in [2.75, 3.05) is 16.4 Å². The van der Waals surface area contributed by atoms with Gasteiger partial charge in [0.1, 0.15) is 0 Å². The van der Waals surface area contributed by atoms with Gasteiger partial charge >= 0.3 is 5.97 Å². The molecule has 30 heavy (non-hydrogen) atoms. The Morgan fingerprint density at radius 3 is 2.40 bits per heavy atom. The van der Waals surface area contributed by atoms with Crippen molar-refractivity contribution >= 4 is 56.9 Å². The Morgan fingerprint density at radius 1 is 0.900 bits per heavy atom. The first-order chi connectivity index (χ1) is 14.4. The summed E-state index contributed by atoms with van der Waals surface area (Å²) in [5, 5.41) is 14.7. The monoisotopic (exact) mass is 484 g/mol. The fourth-order valence-electron chi connectivity index (χ4n) is 2.60. The van der Waals surface area contributed by atoms with E-state index in [1.54, 1.807) is 30.3 Å². The van der Waals surface area contributed by atoms with Gasteiger partial charge in [0.15, 0.2) is 0 Å². The van der Waals surface area contributed by atoms with Gasteiger partial charge in [-0.2, -0.15) is 0 Å². The van der Waals surface area contributed by atoms with Crippen molar-refractivity contribution in [1.82, 2.24) is 0 Å². The van der Waals surface area contributed by atoms with E-state index in [1.165, 1.54) is 23.9 Å². The predicted octanol–water partition coefficient (Wildman–Crippen LogP) is 5.13. The van der Waals surface area contributed by atoms with E-state index in [9.17, 15) is 19.5 Å². The number of hydrogen-bond acceptors (Lipinski definition) is 4. The van der Waals surface area contributed by atoms with Gasteiger partial charge in [0.25, 0.3) is 5.91 Å². The van der Waals surface area contributed by atoms with Crippen molar-refractivity contribution < 1.29 is 19.5 Å². The maximum Gasteiger partial charge on any atom is 0.337 e. The summed E-state index contributed by atoms with van der Waals surface area (Å²) >= 11 is 4.63. The average molecular weight is 485 g/mol. The van der Waals surface area contributed by atoms with Gasteiger partial charge in [-0.1, -0.05) is 40.2 Å². The number of thioether (sulfide) groups is 1. The van der Waals surface area contributed by atoms with E-state index in [-0.39, 0.29) is 22.9 Å². The van der Waals surface area contributed by atoms with Gasteiger partial charge in [-0.05, 0) is 48.5 Å². The number of carboxylic acid groups (broad SMARTS) is 1. The number of carboxylic acids is 1. The molecular weight excluding hydrogens is 468 g/mol. The number of carbonyl (C=O) groups is 3. The maximum absolute atomic E-state index is 12.6. The van der Waals surface area contributed by atoms with Crippen LogP contribution in [0.25, 0.3) is 0 Å². The molecule has 0 heterocycles. The molecule has 0 fully saturated rings. The number of carbonyl (C=O) groups excluding carboxylic acids is 2. The lowest BCUT2D eigenvalue weighted by molar-refractivity contribution is -0.113. The number of rotatable bonds is 7. The quantitative estimate of drug-likeness (QED) is 0.404. The van der Waals surface area contributed by atoms with Crippen LogP contribution in [-0.4, -0.2) is 28.6 Å². The molecule has 0 unspecified atom stereocenters. The molecule has 152 valence electrons. The molecule has 0 aliphatic rings. The number of anilines is 2. The molecule has 8 heteroatoms. The molecule has 2 amide bonds. The third kappa shape index (κ3) is 5.95. The number of aromatic carboxylic acids is 1. The summed E-state index contributed by atoms with van der Waals surface area (Å²) in [4.78, 5) is 37.2. The zero-order valence-electron chi connectivity index (χ0n) is 15.6. The van der Waals surface area contributed by atoms with Gasteiger partial charge in [-0.3, -0.25) is 9.59 Å². The van der Waals surface area contributed by atoms with Crippen LogP contribution in [0.15, 0.2) is 82.2 Å². The van der Waals surface area contributed by atoms with Crippen LogP contribution < -0.4 is 10.6 Å². The van der Waals surface area contributed by atoms with Crippen molar-refractivity contribution in [3.63, 3.8) is 0 Å². The van der Waals surface area contributed by atoms with Crippen LogP contribution in [0.1, 0.15) is 20.7 Å². The minimum atomic E-state index is -1.15. The molecule has 3 rings (SSSR count). The number of benzene rings is 3. The number of nitrogens with one attached hydrogen (secondary N) is 2. The fourth-order valence-corrected chi connectivity index (χ4v) is 3.68. The Labute approximate surface area is 185 Å². The van der Waals surface area contributed by atoms with Crippen LogP contribution in [0.3, 0.4) is 0 Å². The van der Waals surface area contributed by atoms with Crippen LogP contribution in [0.4, 0.5) is 11.4 Å². The molecule has 0 aliphatic carbocycles. The lowest BCUT2D eigenvalue weighted by Gasteiger charge is -2.10. The molecule has 0 spiro atoms. The van der Waals surface area contributed by atoms with Gasteiger partial charge in [0.2, 0.25) is 5.91 Å². The number of hydrogen-bond donors (Lipinski definition) is 3. The Bertz CT molecular complexity index is 1090. The van der Waals surface area contributed by atoms with Crippen molar-refractivity contribution in [2.24, 2.45) is 0 Å². The van der Waals surface area contributed by atoms with Gasteiger partial charge in [0, 0.05) is 20.6 Å². The Morgan fingerprint density at radius 2 is 1.67 bits per heavy atom. The molecule has 3 aromatic carbocycles. The molecule has 0 bridgehead atoms. The van der Waals surface area contributed by atoms with E-state index in [0.717, 1.165) is 4.90 Å². The second-order valence-electron chi connectivity index (χ2n) is 6.18. The highest BCUT2D eigenvalue weighted by Gasteiger charge is 2.15. The normalized spacial score (nSPS) is 10.3. The first kappa shape index (κ1) is 21.6. The summed E-state index contributed by atoms with van der Waals surface area (Å²) < 4.78 is 0.594. The topological polar surface area (TPSA) is 95.5 Å². The van der Waals surface area contributed by atoms with Crippen molar-refractivity contribution in [1.29, 1.82) is 0 Å². The van der Waals surface area contributed by atoms with Gasteiger partial charge in [0.05, 0.1) is 17.0 Å². The van der Waals surface area contributed by atoms with Crippen LogP contribution in [-0.2, 0) is 4.79 Å². The molecule has 0 radical (unpaired) electrons. The SMILES string of the molecule is O=C(CSc1ccccc1)Nc1cccc(C(=O)Nc2ccc(Br)cc2C(=O)O)c1. The molecular formula is C22H17BrN2O4S. The third-order valence-electron chi connectivity index (χ3n) is 3.98. The molecule has 0 atom stereocenters. The standard InChI is InChI=1S/C22H17BrN2O4S/c23-15-9-10-19(18(12-15)22(28)29)25-21(27)14-5-4-6-16(11-14)24-20(26)13-30-17-7-2-1-3-8-17/h1-12H,13H2,(H,24,26)(H,25,27)(H,28,29). The molecule has 0 aromatic heterocycles. The van der Waals surface area contributed by atoms with Crippen molar-refractivity contribution in [3.8, 4) is 0 Å². The largest absolute Gasteiger partial charge is 0.478 e. The van der Waals surface area contributed by atoms with Gasteiger partial charge < -0.3 is 15.7 Å². The van der Waals surface area contributed by atoms with Gasteiger partial charge in [-0.15, -0.1) is 11.8 Å². The van der Waals surface area contributed by atoms with E-state index < -0.39 is 11.9 Å². The average Bonchev–Trinajstić information content (AvgIpc) is 2.74. The van der Waals surface area contributed by atoms with E-state index in [4.69, 9.17) is 0 Å². The molecule has 3 N–H and O–H groups in total. The van der Waals surface area contributed by atoms with Crippen molar-refractivity contribution in [3.05, 3.63) is 88.4 Å². The molecule has 0 saturated heterocycles. The van der Waals surface area contributed by atoms with Crippen LogP contribution in [0, 0.1) is 0 Å². The summed E-state index contributed by atoms with van der Waals surface area (Å²) in [6, 6.07) is 20.6. The lowest BCUT2D eigenvalue weighted by atomic mass is 10.1. The van der Waals surface area contributed by atoms with E-state index in [1.807, 2.05) is 30.3 Å². The van der Waals surface area contributed by atoms with Crippen LogP contribution >= 0.6 is 27.7 Å². The summed E-state index contributed by atoms with van der Waals surface area (Å²) in [6.07, 6.45) is 0. The number of amides is 2. The van der Waals surface area contributed by atoms with Gasteiger partial charge in [-0.25, -0.2) is 4.79 Å². The Hall–Kier alpha value is -3.10. The molecule has 0 aliphatic heterocycles. The summed E-state index contributed by atoms with van der Waals surface area (Å²) in [7, 11) is 0. The molecule has 3 aromatic rings. The third-order valence-corrected chi connectivity index (χ3v) is 5.49. The van der Waals surface area contributed by atoms with E-state index >= 15 is 0 Å². The van der Waals surface area contributed by atoms with Crippen LogP contribution in [0.5, 0.6) is 0 Å². The Balaban J connectivity index is 1.65. The second-order valence-corrected chi connectivity index (χ2v) is 8.14. The molecule has 6 nitrogen and oxygen atoms in total. The van der Waals surface area contributed by atoms with E-state index in [0.29, 0.717) is 15.7 Å². The van der Waals surface area contributed by atoms with Crippen molar-refractivity contribution in [2.45, 2.75) is 4.90 Å². The molecule has 0 saturated carbocycles. The minimum absolute atomic E-state index is 0.0277. The lowest BCUT2D eigenvalue weighted by Crippen LogP contribution is -2.17. The smallest absolute Gasteiger partial charge is 0.337 e. The predicted molar refractivity (Wildman–Crippen MR) is 121 cm³/mol. The maximum atomic E-state index is 12.6. The minimum Gasteiger partial charge on any atom is -0.478 e. The first-order valence-corrected chi connectivity index (χ1v) is 10.6. The highest BCUT2D eigenvalue weighted by molar-refractivity contribution is 9.10. The summed E-state index contributed by atoms with van der Waals surface area (Å²) in [6.45, 7) is 0. The number of halogens is 1. The summed E-state index contributed by atoms with van der Waals surface area (Å²) in [5.41, 5.74) is 0.933. The summed E-state index contributed by atoms with van der Waals surface area (Å²) in [5.74, 6) is -1.58. The first-order valence-electron chi connectivity index (χ1n) is 8.84. The Kier molecular flexibility index (Phi) is 7.26. The van der Waals surface area contributed by atoms with E-state index in [2.05, 4.69) is 26.6 Å². The van der Waals surface area contributed by atoms with Crippen LogP contribution in [0.2, 0.25) is 0 Å².